The van der Waals surface area contributed by atoms with Crippen molar-refractivity contribution >= 4 is 5.91 Å². The molecule has 0 unspecified atom stereocenters. The molecule has 1 aliphatic heterocycles. The van der Waals surface area contributed by atoms with Crippen LogP contribution in [0.3, 0.4) is 0 Å². The first-order valence-electron chi connectivity index (χ1n) is 8.54. The van der Waals surface area contributed by atoms with Crippen LogP contribution < -0.4 is 5.32 Å². The number of hydrogen-bond acceptors (Lipinski definition) is 4. The summed E-state index contributed by atoms with van der Waals surface area (Å²) in [6, 6.07) is 2.15. The summed E-state index contributed by atoms with van der Waals surface area (Å²) in [6.45, 7) is 6.05. The smallest absolute Gasteiger partial charge is 0.222 e. The molecule has 2 rings (SSSR count). The number of carbonyl (C=O) groups excluding carboxylic acids is 1. The Morgan fingerprint density at radius 1 is 1.42 bits per heavy atom. The van der Waals surface area contributed by atoms with Gasteiger partial charge in [0.15, 0.2) is 0 Å². The summed E-state index contributed by atoms with van der Waals surface area (Å²) in [5, 5.41) is 12.1. The van der Waals surface area contributed by atoms with Crippen LogP contribution in [0.5, 0.6) is 0 Å². The van der Waals surface area contributed by atoms with E-state index in [1.807, 2.05) is 4.90 Å². The fourth-order valence-electron chi connectivity index (χ4n) is 2.93. The molecule has 1 aliphatic carbocycles. The number of ether oxygens (including phenoxy) is 1. The molecule has 1 heterocycles. The van der Waals surface area contributed by atoms with E-state index < -0.39 is 5.54 Å². The second-order valence-electron chi connectivity index (χ2n) is 6.83. The van der Waals surface area contributed by atoms with Gasteiger partial charge in [-0.1, -0.05) is 0 Å². The van der Waals surface area contributed by atoms with Gasteiger partial charge >= 0.3 is 0 Å². The van der Waals surface area contributed by atoms with Crippen LogP contribution in [0.2, 0.25) is 0 Å². The molecule has 0 saturated carbocycles. The summed E-state index contributed by atoms with van der Waals surface area (Å²) in [4.78, 5) is 13.9. The van der Waals surface area contributed by atoms with Gasteiger partial charge in [0, 0.05) is 25.2 Å². The molecule has 6 heteroatoms. The molecule has 0 atom stereocenters. The largest absolute Gasteiger partial charge is 0.378 e. The van der Waals surface area contributed by atoms with Crippen LogP contribution in [0.25, 0.3) is 0 Å². The highest BCUT2D eigenvalue weighted by atomic mass is 19.1. The quantitative estimate of drug-likeness (QED) is 0.810. The molecule has 1 saturated heterocycles. The molecular formula is C18H26FN3O2. The number of carbonyl (C=O) groups is 1. The van der Waals surface area contributed by atoms with E-state index in [1.54, 1.807) is 13.8 Å². The first-order valence-corrected chi connectivity index (χ1v) is 8.54. The SMILES string of the molecule is CC(C)(C#N)NC1=CC(F)=C(CCCC(=O)N2CCOCC2)CC1. The van der Waals surface area contributed by atoms with Crippen molar-refractivity contribution < 1.29 is 13.9 Å². The average molecular weight is 335 g/mol. The monoisotopic (exact) mass is 335 g/mol. The number of hydrogen-bond donors (Lipinski definition) is 1. The summed E-state index contributed by atoms with van der Waals surface area (Å²) >= 11 is 0. The van der Waals surface area contributed by atoms with Gasteiger partial charge in [-0.25, -0.2) is 4.39 Å². The van der Waals surface area contributed by atoms with E-state index in [-0.39, 0.29) is 11.7 Å². The lowest BCUT2D eigenvalue weighted by Crippen LogP contribution is -2.40. The Kier molecular flexibility index (Phi) is 6.38. The minimum absolute atomic E-state index is 0.129. The van der Waals surface area contributed by atoms with Crippen molar-refractivity contribution in [2.45, 2.75) is 51.5 Å². The highest BCUT2D eigenvalue weighted by Gasteiger charge is 2.21. The zero-order valence-electron chi connectivity index (χ0n) is 14.5. The van der Waals surface area contributed by atoms with Gasteiger partial charge in [0.25, 0.3) is 0 Å². The molecule has 1 amide bonds. The minimum Gasteiger partial charge on any atom is -0.378 e. The lowest BCUT2D eigenvalue weighted by atomic mass is 9.95. The standard InChI is InChI=1S/C18H26FN3O2/c1-18(2,13-20)21-15-7-6-14(16(19)12-15)4-3-5-17(23)22-8-10-24-11-9-22/h12,21H,3-11H2,1-2H3. The van der Waals surface area contributed by atoms with E-state index >= 15 is 0 Å². The summed E-state index contributed by atoms with van der Waals surface area (Å²) < 4.78 is 19.5. The van der Waals surface area contributed by atoms with Crippen molar-refractivity contribution in [2.75, 3.05) is 26.3 Å². The summed E-state index contributed by atoms with van der Waals surface area (Å²) in [5.41, 5.74) is 0.825. The molecular weight excluding hydrogens is 309 g/mol. The van der Waals surface area contributed by atoms with Gasteiger partial charge in [0.1, 0.15) is 11.4 Å². The van der Waals surface area contributed by atoms with Gasteiger partial charge < -0.3 is 15.0 Å². The summed E-state index contributed by atoms with van der Waals surface area (Å²) in [5.74, 6) is -0.0971. The van der Waals surface area contributed by atoms with Crippen LogP contribution >= 0.6 is 0 Å². The van der Waals surface area contributed by atoms with Gasteiger partial charge in [-0.2, -0.15) is 5.26 Å². The molecule has 24 heavy (non-hydrogen) atoms. The zero-order chi connectivity index (χ0) is 17.6. The Morgan fingerprint density at radius 2 is 2.12 bits per heavy atom. The van der Waals surface area contributed by atoms with Gasteiger partial charge in [-0.3, -0.25) is 4.79 Å². The molecule has 0 aromatic heterocycles. The van der Waals surface area contributed by atoms with Crippen molar-refractivity contribution in [3.8, 4) is 6.07 Å². The fourth-order valence-corrected chi connectivity index (χ4v) is 2.93. The van der Waals surface area contributed by atoms with Crippen molar-refractivity contribution in [1.29, 1.82) is 5.26 Å². The molecule has 0 aromatic carbocycles. The second-order valence-corrected chi connectivity index (χ2v) is 6.83. The number of nitrogens with zero attached hydrogens (tertiary/aromatic N) is 2. The molecule has 0 bridgehead atoms. The molecule has 132 valence electrons. The Hall–Kier alpha value is -1.87. The van der Waals surface area contributed by atoms with Crippen LogP contribution in [0.1, 0.15) is 46.0 Å². The van der Waals surface area contributed by atoms with Gasteiger partial charge in [-0.05, 0) is 51.2 Å². The number of rotatable bonds is 6. The lowest BCUT2D eigenvalue weighted by molar-refractivity contribution is -0.135. The predicted molar refractivity (Wildman–Crippen MR) is 89.5 cm³/mol. The molecule has 0 spiro atoms. The number of nitriles is 1. The van der Waals surface area contributed by atoms with E-state index in [9.17, 15) is 9.18 Å². The Balaban J connectivity index is 1.81. The molecule has 1 fully saturated rings. The van der Waals surface area contributed by atoms with Crippen molar-refractivity contribution in [2.24, 2.45) is 0 Å². The highest BCUT2D eigenvalue weighted by Crippen LogP contribution is 2.28. The second kappa shape index (κ2) is 8.29. The van der Waals surface area contributed by atoms with Crippen LogP contribution in [-0.2, 0) is 9.53 Å². The third-order valence-electron chi connectivity index (χ3n) is 4.32. The Bertz CT molecular complexity index is 569. The van der Waals surface area contributed by atoms with Gasteiger partial charge in [0.05, 0.1) is 19.3 Å². The minimum atomic E-state index is -0.700. The van der Waals surface area contributed by atoms with Crippen LogP contribution in [0, 0.1) is 11.3 Å². The first-order chi connectivity index (χ1) is 11.4. The Morgan fingerprint density at radius 3 is 2.75 bits per heavy atom. The number of halogens is 1. The molecule has 1 N–H and O–H groups in total. The molecule has 0 aromatic rings. The van der Waals surface area contributed by atoms with Gasteiger partial charge in [0.2, 0.25) is 5.91 Å². The van der Waals surface area contributed by atoms with Gasteiger partial charge in [-0.15, -0.1) is 0 Å². The molecule has 5 nitrogen and oxygen atoms in total. The third-order valence-corrected chi connectivity index (χ3v) is 4.32. The lowest BCUT2D eigenvalue weighted by Gasteiger charge is -2.27. The maximum atomic E-state index is 14.2. The third kappa shape index (κ3) is 5.34. The topological polar surface area (TPSA) is 65.4 Å². The van der Waals surface area contributed by atoms with E-state index in [4.69, 9.17) is 10.00 Å². The zero-order valence-corrected chi connectivity index (χ0v) is 14.5. The van der Waals surface area contributed by atoms with E-state index in [2.05, 4.69) is 11.4 Å². The average Bonchev–Trinajstić information content (AvgIpc) is 2.57. The highest BCUT2D eigenvalue weighted by molar-refractivity contribution is 5.76. The fraction of sp³-hybridized carbons (Fsp3) is 0.667. The van der Waals surface area contributed by atoms with Crippen molar-refractivity contribution in [3.05, 3.63) is 23.2 Å². The van der Waals surface area contributed by atoms with E-state index in [0.717, 1.165) is 11.3 Å². The van der Waals surface area contributed by atoms with Crippen molar-refractivity contribution in [3.63, 3.8) is 0 Å². The normalized spacial score (nSPS) is 18.9. The van der Waals surface area contributed by atoms with Crippen LogP contribution in [0.15, 0.2) is 23.2 Å². The molecule has 0 radical (unpaired) electrons. The van der Waals surface area contributed by atoms with Crippen LogP contribution in [0.4, 0.5) is 4.39 Å². The maximum absolute atomic E-state index is 14.2. The first kappa shape index (κ1) is 18.5. The summed E-state index contributed by atoms with van der Waals surface area (Å²) in [6.07, 6.45) is 4.55. The number of morpholine rings is 1. The number of allylic oxidation sites excluding steroid dienone is 4. The molecule has 2 aliphatic rings. The van der Waals surface area contributed by atoms with E-state index in [0.29, 0.717) is 58.4 Å². The number of nitrogens with one attached hydrogen (secondary N) is 1. The Labute approximate surface area is 143 Å². The van der Waals surface area contributed by atoms with Crippen molar-refractivity contribution in [1.82, 2.24) is 10.2 Å². The maximum Gasteiger partial charge on any atom is 0.222 e. The summed E-state index contributed by atoms with van der Waals surface area (Å²) in [7, 11) is 0. The predicted octanol–water partition coefficient (Wildman–Crippen LogP) is 2.81. The number of amides is 1. The van der Waals surface area contributed by atoms with Crippen LogP contribution in [-0.4, -0.2) is 42.6 Å². The van der Waals surface area contributed by atoms with E-state index in [1.165, 1.54) is 6.08 Å².